The normalized spacial score (nSPS) is 17.8. The second-order valence-electron chi connectivity index (χ2n) is 5.77. The van der Waals surface area contributed by atoms with Crippen molar-refractivity contribution in [2.45, 2.75) is 24.0 Å². The molecule has 0 saturated carbocycles. The van der Waals surface area contributed by atoms with Gasteiger partial charge in [0.15, 0.2) is 0 Å². The molecule has 0 radical (unpaired) electrons. The molecule has 0 aromatic heterocycles. The zero-order valence-electron chi connectivity index (χ0n) is 13.1. The molecular formula is C17H17Cl2NO3S. The predicted octanol–water partition coefficient (Wildman–Crippen LogP) is 3.76. The Balaban J connectivity index is 1.77. The van der Waals surface area contributed by atoms with Crippen molar-refractivity contribution in [3.05, 3.63) is 63.6 Å². The maximum absolute atomic E-state index is 12.8. The Morgan fingerprint density at radius 3 is 2.62 bits per heavy atom. The summed E-state index contributed by atoms with van der Waals surface area (Å²) in [6.45, 7) is 0.742. The highest BCUT2D eigenvalue weighted by Crippen LogP contribution is 2.28. The topological polar surface area (TPSA) is 46.6 Å². The fourth-order valence-electron chi connectivity index (χ4n) is 2.75. The molecule has 1 aliphatic heterocycles. The molecule has 0 N–H and O–H groups in total. The van der Waals surface area contributed by atoms with Crippen LogP contribution in [0.1, 0.15) is 11.1 Å². The summed E-state index contributed by atoms with van der Waals surface area (Å²) in [6.07, 6.45) is 0.483. The number of sulfonamides is 1. The van der Waals surface area contributed by atoms with E-state index in [1.165, 1.54) is 29.0 Å². The number of fused-ring (bicyclic) bond motifs is 1. The third kappa shape index (κ3) is 3.60. The number of hydrogen-bond acceptors (Lipinski definition) is 3. The highest BCUT2D eigenvalue weighted by molar-refractivity contribution is 7.89. The lowest BCUT2D eigenvalue weighted by Gasteiger charge is -2.28. The van der Waals surface area contributed by atoms with Crippen molar-refractivity contribution in [2.75, 3.05) is 13.6 Å². The first-order valence-electron chi connectivity index (χ1n) is 7.47. The molecule has 128 valence electrons. The Bertz CT molecular complexity index is 855. The minimum Gasteiger partial charge on any atom is -0.372 e. The summed E-state index contributed by atoms with van der Waals surface area (Å²) in [7, 11) is -2.21. The molecule has 24 heavy (non-hydrogen) atoms. The summed E-state index contributed by atoms with van der Waals surface area (Å²) >= 11 is 11.9. The summed E-state index contributed by atoms with van der Waals surface area (Å²) in [5, 5.41) is 0.482. The van der Waals surface area contributed by atoms with Gasteiger partial charge in [-0.3, -0.25) is 0 Å². The molecule has 0 bridgehead atoms. The van der Waals surface area contributed by atoms with Crippen LogP contribution in [0.4, 0.5) is 0 Å². The molecule has 2 aromatic rings. The maximum Gasteiger partial charge on any atom is 0.244 e. The zero-order chi connectivity index (χ0) is 17.3. The average Bonchev–Trinajstić information content (AvgIpc) is 2.56. The van der Waals surface area contributed by atoms with Crippen molar-refractivity contribution in [3.8, 4) is 0 Å². The van der Waals surface area contributed by atoms with Crippen LogP contribution < -0.4 is 0 Å². The standard InChI is InChI=1S/C17H17Cl2NO3S/c1-20(24(21,22)17-9-14(18)6-7-16(17)19)10-15-8-12-4-2-3-5-13(12)11-23-15/h2-7,9,15H,8,10-11H2,1H3. The monoisotopic (exact) mass is 385 g/mol. The van der Waals surface area contributed by atoms with Crippen LogP contribution >= 0.6 is 23.2 Å². The first-order valence-corrected chi connectivity index (χ1v) is 9.67. The molecular weight excluding hydrogens is 369 g/mol. The third-order valence-corrected chi connectivity index (χ3v) is 6.62. The van der Waals surface area contributed by atoms with E-state index in [9.17, 15) is 8.42 Å². The Kier molecular flexibility index (Phi) is 5.18. The number of hydrogen-bond donors (Lipinski definition) is 0. The lowest BCUT2D eigenvalue weighted by Crippen LogP contribution is -2.38. The fourth-order valence-corrected chi connectivity index (χ4v) is 4.69. The van der Waals surface area contributed by atoms with Gasteiger partial charge in [0, 0.05) is 25.0 Å². The molecule has 1 aliphatic rings. The molecule has 0 aliphatic carbocycles. The van der Waals surface area contributed by atoms with E-state index in [-0.39, 0.29) is 22.6 Å². The van der Waals surface area contributed by atoms with Gasteiger partial charge in [-0.25, -0.2) is 8.42 Å². The van der Waals surface area contributed by atoms with Gasteiger partial charge >= 0.3 is 0 Å². The van der Waals surface area contributed by atoms with E-state index < -0.39 is 10.0 Å². The zero-order valence-corrected chi connectivity index (χ0v) is 15.4. The molecule has 0 saturated heterocycles. The fraction of sp³-hybridized carbons (Fsp3) is 0.294. The summed E-state index contributed by atoms with van der Waals surface area (Å²) in [6, 6.07) is 12.4. The maximum atomic E-state index is 12.8. The molecule has 1 atom stereocenters. The van der Waals surface area contributed by atoms with E-state index in [0.29, 0.717) is 18.1 Å². The Hall–Kier alpha value is -1.11. The summed E-state index contributed by atoms with van der Waals surface area (Å²) in [4.78, 5) is 0.00961. The highest BCUT2D eigenvalue weighted by atomic mass is 35.5. The van der Waals surface area contributed by atoms with Crippen LogP contribution in [0.15, 0.2) is 47.4 Å². The molecule has 0 amide bonds. The first kappa shape index (κ1) is 17.7. The van der Waals surface area contributed by atoms with E-state index in [4.69, 9.17) is 27.9 Å². The van der Waals surface area contributed by atoms with Crippen molar-refractivity contribution in [1.29, 1.82) is 0 Å². The van der Waals surface area contributed by atoms with Crippen LogP contribution in [0, 0.1) is 0 Å². The number of ether oxygens (including phenoxy) is 1. The summed E-state index contributed by atoms with van der Waals surface area (Å²) in [5.74, 6) is 0. The van der Waals surface area contributed by atoms with Gasteiger partial charge in [0.25, 0.3) is 0 Å². The second-order valence-corrected chi connectivity index (χ2v) is 8.62. The minimum absolute atomic E-state index is 0.00961. The molecule has 0 fully saturated rings. The van der Waals surface area contributed by atoms with Crippen molar-refractivity contribution in [2.24, 2.45) is 0 Å². The van der Waals surface area contributed by atoms with Gasteiger partial charge in [-0.05, 0) is 29.3 Å². The third-order valence-electron chi connectivity index (χ3n) is 4.08. The van der Waals surface area contributed by atoms with Crippen LogP contribution in [0.2, 0.25) is 10.0 Å². The molecule has 1 heterocycles. The van der Waals surface area contributed by atoms with E-state index in [0.717, 1.165) is 5.56 Å². The van der Waals surface area contributed by atoms with Crippen LogP contribution in [-0.4, -0.2) is 32.4 Å². The van der Waals surface area contributed by atoms with E-state index >= 15 is 0 Å². The summed E-state index contributed by atoms with van der Waals surface area (Å²) < 4.78 is 32.6. The lowest BCUT2D eigenvalue weighted by molar-refractivity contribution is 0.0202. The van der Waals surface area contributed by atoms with Gasteiger partial charge in [0.05, 0.1) is 17.7 Å². The molecule has 4 nitrogen and oxygen atoms in total. The molecule has 2 aromatic carbocycles. The van der Waals surface area contributed by atoms with Gasteiger partial charge in [-0.15, -0.1) is 0 Å². The van der Waals surface area contributed by atoms with Crippen LogP contribution in [0.25, 0.3) is 0 Å². The van der Waals surface area contributed by atoms with Crippen molar-refractivity contribution >= 4 is 33.2 Å². The number of likely N-dealkylation sites (N-methyl/N-ethyl adjacent to an activating group) is 1. The Morgan fingerprint density at radius 1 is 1.17 bits per heavy atom. The SMILES string of the molecule is CN(CC1Cc2ccccc2CO1)S(=O)(=O)c1cc(Cl)ccc1Cl. The first-order chi connectivity index (χ1) is 11.4. The Morgan fingerprint density at radius 2 is 1.88 bits per heavy atom. The largest absolute Gasteiger partial charge is 0.372 e. The van der Waals surface area contributed by atoms with Gasteiger partial charge in [0.2, 0.25) is 10.0 Å². The number of halogens is 2. The number of benzene rings is 2. The minimum atomic E-state index is -3.73. The van der Waals surface area contributed by atoms with Crippen LogP contribution in [0.3, 0.4) is 0 Å². The number of rotatable bonds is 4. The van der Waals surface area contributed by atoms with Crippen LogP contribution in [-0.2, 0) is 27.8 Å². The summed E-state index contributed by atoms with van der Waals surface area (Å²) in [5.41, 5.74) is 2.34. The van der Waals surface area contributed by atoms with E-state index in [1.54, 1.807) is 6.07 Å². The van der Waals surface area contributed by atoms with Gasteiger partial charge in [-0.1, -0.05) is 47.5 Å². The molecule has 1 unspecified atom stereocenters. The smallest absolute Gasteiger partial charge is 0.244 e. The van der Waals surface area contributed by atoms with Crippen molar-refractivity contribution in [1.82, 2.24) is 4.31 Å². The highest BCUT2D eigenvalue weighted by Gasteiger charge is 2.28. The van der Waals surface area contributed by atoms with Crippen molar-refractivity contribution in [3.63, 3.8) is 0 Å². The second kappa shape index (κ2) is 7.02. The number of nitrogens with zero attached hydrogens (tertiary/aromatic N) is 1. The molecule has 7 heteroatoms. The van der Waals surface area contributed by atoms with Crippen LogP contribution in [0.5, 0.6) is 0 Å². The van der Waals surface area contributed by atoms with Crippen molar-refractivity contribution < 1.29 is 13.2 Å². The van der Waals surface area contributed by atoms with Gasteiger partial charge in [0.1, 0.15) is 4.90 Å². The van der Waals surface area contributed by atoms with Gasteiger partial charge < -0.3 is 4.74 Å². The van der Waals surface area contributed by atoms with E-state index in [1.807, 2.05) is 24.3 Å². The van der Waals surface area contributed by atoms with Gasteiger partial charge in [-0.2, -0.15) is 4.31 Å². The quantitative estimate of drug-likeness (QED) is 0.804. The predicted molar refractivity (Wildman–Crippen MR) is 95.0 cm³/mol. The Labute approximate surface area is 152 Å². The van der Waals surface area contributed by atoms with E-state index in [2.05, 4.69) is 0 Å². The molecule has 3 rings (SSSR count). The molecule has 0 spiro atoms. The lowest BCUT2D eigenvalue weighted by atomic mass is 9.99. The average molecular weight is 386 g/mol.